The van der Waals surface area contributed by atoms with Crippen molar-refractivity contribution in [2.24, 2.45) is 0 Å². The van der Waals surface area contributed by atoms with Gasteiger partial charge in [0.1, 0.15) is 12.4 Å². The number of piperazine rings is 1. The Balaban J connectivity index is 1.42. The molecule has 156 valence electrons. The monoisotopic (exact) mass is 407 g/mol. The van der Waals surface area contributed by atoms with E-state index in [0.29, 0.717) is 37.2 Å². The van der Waals surface area contributed by atoms with Crippen LogP contribution < -0.4 is 20.3 Å². The van der Waals surface area contributed by atoms with E-state index >= 15 is 0 Å². The average Bonchev–Trinajstić information content (AvgIpc) is 3.19. The first-order chi connectivity index (χ1) is 14.7. The number of hydrogen-bond donors (Lipinski definition) is 2. The van der Waals surface area contributed by atoms with Crippen molar-refractivity contribution in [1.82, 2.24) is 20.6 Å². The topological polar surface area (TPSA) is 92.5 Å². The second-order valence-electron chi connectivity index (χ2n) is 7.13. The summed E-state index contributed by atoms with van der Waals surface area (Å²) in [5.74, 6) is 0.687. The van der Waals surface area contributed by atoms with Crippen LogP contribution in [0.25, 0.3) is 0 Å². The molecule has 1 aliphatic rings. The number of nitrogens with one attached hydrogen (secondary N) is 2. The summed E-state index contributed by atoms with van der Waals surface area (Å²) in [4.78, 5) is 23.3. The maximum atomic E-state index is 12.6. The van der Waals surface area contributed by atoms with Crippen molar-refractivity contribution in [3.63, 3.8) is 0 Å². The molecule has 8 nitrogen and oxygen atoms in total. The van der Waals surface area contributed by atoms with Crippen LogP contribution in [0, 0.1) is 6.92 Å². The number of pyridine rings is 1. The van der Waals surface area contributed by atoms with Crippen LogP contribution in [0.2, 0.25) is 0 Å². The third-order valence-electron chi connectivity index (χ3n) is 4.96. The molecule has 1 aliphatic heterocycles. The number of carbonyl (C=O) groups excluding carboxylic acids is 1. The Kier molecular flexibility index (Phi) is 6.24. The van der Waals surface area contributed by atoms with Crippen molar-refractivity contribution in [1.29, 1.82) is 0 Å². The Morgan fingerprint density at radius 3 is 2.97 bits per heavy atom. The summed E-state index contributed by atoms with van der Waals surface area (Å²) in [5.41, 5.74) is 1.60. The zero-order valence-electron chi connectivity index (χ0n) is 16.9. The first-order valence-corrected chi connectivity index (χ1v) is 10.0. The first kappa shape index (κ1) is 19.9. The van der Waals surface area contributed by atoms with Gasteiger partial charge < -0.3 is 24.7 Å². The molecule has 4 rings (SSSR count). The van der Waals surface area contributed by atoms with Crippen molar-refractivity contribution in [2.45, 2.75) is 19.5 Å². The van der Waals surface area contributed by atoms with Gasteiger partial charge in [-0.25, -0.2) is 0 Å². The van der Waals surface area contributed by atoms with Crippen LogP contribution in [-0.4, -0.2) is 48.2 Å². The highest BCUT2D eigenvalue weighted by Gasteiger charge is 2.29. The standard InChI is InChI=1S/C22H25N5O3/c1-16-20(21(28)25-12-17-6-3-2-4-7-17)30-22(26-16)27-11-10-24-13-18(27)15-29-19-8-5-9-23-14-19/h2-9,14,18,24H,10-13,15H2,1H3,(H,25,28). The number of benzene rings is 1. The molecule has 8 heteroatoms. The SMILES string of the molecule is Cc1nc(N2CCNCC2COc2cccnc2)oc1C(=O)NCc1ccccc1. The molecule has 1 aromatic carbocycles. The summed E-state index contributed by atoms with van der Waals surface area (Å²) in [6.07, 6.45) is 3.40. The molecule has 0 aliphatic carbocycles. The van der Waals surface area contributed by atoms with Crippen molar-refractivity contribution >= 4 is 11.9 Å². The van der Waals surface area contributed by atoms with E-state index in [1.165, 1.54) is 0 Å². The van der Waals surface area contributed by atoms with E-state index in [-0.39, 0.29) is 17.7 Å². The number of aromatic nitrogens is 2. The number of ether oxygens (including phenoxy) is 1. The Bertz CT molecular complexity index is 961. The van der Waals surface area contributed by atoms with Crippen LogP contribution in [0.1, 0.15) is 21.8 Å². The van der Waals surface area contributed by atoms with E-state index in [1.807, 2.05) is 47.4 Å². The molecule has 1 atom stereocenters. The van der Waals surface area contributed by atoms with Crippen LogP contribution in [0.15, 0.2) is 59.3 Å². The zero-order chi connectivity index (χ0) is 20.8. The second kappa shape index (κ2) is 9.41. The normalized spacial score (nSPS) is 16.3. The van der Waals surface area contributed by atoms with Crippen LogP contribution in [-0.2, 0) is 6.54 Å². The average molecular weight is 407 g/mol. The number of oxazole rings is 1. The lowest BCUT2D eigenvalue weighted by Gasteiger charge is -2.34. The van der Waals surface area contributed by atoms with Gasteiger partial charge in [0.25, 0.3) is 11.9 Å². The van der Waals surface area contributed by atoms with E-state index < -0.39 is 0 Å². The maximum Gasteiger partial charge on any atom is 0.298 e. The Morgan fingerprint density at radius 1 is 1.30 bits per heavy atom. The molecule has 1 amide bonds. The molecule has 0 radical (unpaired) electrons. The summed E-state index contributed by atoms with van der Waals surface area (Å²) >= 11 is 0. The van der Waals surface area contributed by atoms with Crippen molar-refractivity contribution in [2.75, 3.05) is 31.1 Å². The van der Waals surface area contributed by atoms with Crippen molar-refractivity contribution in [3.8, 4) is 5.75 Å². The number of amides is 1. The number of nitrogens with zero attached hydrogens (tertiary/aromatic N) is 3. The first-order valence-electron chi connectivity index (χ1n) is 10.0. The summed E-state index contributed by atoms with van der Waals surface area (Å²) in [7, 11) is 0. The fraction of sp³-hybridized carbons (Fsp3) is 0.318. The van der Waals surface area contributed by atoms with E-state index in [1.54, 1.807) is 19.3 Å². The van der Waals surface area contributed by atoms with Gasteiger partial charge in [0.2, 0.25) is 5.76 Å². The third-order valence-corrected chi connectivity index (χ3v) is 4.96. The minimum atomic E-state index is -0.270. The maximum absolute atomic E-state index is 12.6. The third kappa shape index (κ3) is 4.77. The van der Waals surface area contributed by atoms with E-state index in [2.05, 4.69) is 20.6 Å². The highest BCUT2D eigenvalue weighted by molar-refractivity contribution is 5.92. The molecule has 1 fully saturated rings. The lowest BCUT2D eigenvalue weighted by Crippen LogP contribution is -2.54. The minimum absolute atomic E-state index is 0.0252. The minimum Gasteiger partial charge on any atom is -0.490 e. The molecule has 30 heavy (non-hydrogen) atoms. The Labute approximate surface area is 175 Å². The molecular formula is C22H25N5O3. The predicted molar refractivity (Wildman–Crippen MR) is 113 cm³/mol. The lowest BCUT2D eigenvalue weighted by atomic mass is 10.2. The molecule has 0 saturated carbocycles. The number of carbonyl (C=O) groups is 1. The number of aryl methyl sites for hydroxylation is 1. The predicted octanol–water partition coefficient (Wildman–Crippen LogP) is 2.17. The molecular weight excluding hydrogens is 382 g/mol. The molecule has 2 N–H and O–H groups in total. The second-order valence-corrected chi connectivity index (χ2v) is 7.13. The van der Waals surface area contributed by atoms with Crippen molar-refractivity contribution in [3.05, 3.63) is 71.9 Å². The van der Waals surface area contributed by atoms with Crippen LogP contribution in [0.4, 0.5) is 6.01 Å². The number of hydrogen-bond acceptors (Lipinski definition) is 7. The largest absolute Gasteiger partial charge is 0.490 e. The fourth-order valence-corrected chi connectivity index (χ4v) is 3.36. The molecule has 1 saturated heterocycles. The highest BCUT2D eigenvalue weighted by Crippen LogP contribution is 2.22. The van der Waals surface area contributed by atoms with E-state index in [4.69, 9.17) is 9.15 Å². The van der Waals surface area contributed by atoms with Gasteiger partial charge in [-0.05, 0) is 24.6 Å². The van der Waals surface area contributed by atoms with Crippen LogP contribution in [0.3, 0.4) is 0 Å². The van der Waals surface area contributed by atoms with Gasteiger partial charge in [-0.15, -0.1) is 0 Å². The van der Waals surface area contributed by atoms with Crippen LogP contribution >= 0.6 is 0 Å². The fourth-order valence-electron chi connectivity index (χ4n) is 3.36. The smallest absolute Gasteiger partial charge is 0.298 e. The quantitative estimate of drug-likeness (QED) is 0.620. The molecule has 0 bridgehead atoms. The number of anilines is 1. The molecule has 3 aromatic rings. The summed E-state index contributed by atoms with van der Waals surface area (Å²) in [5, 5.41) is 6.26. The molecule has 2 aromatic heterocycles. The van der Waals surface area contributed by atoms with Gasteiger partial charge in [-0.3, -0.25) is 9.78 Å². The lowest BCUT2D eigenvalue weighted by molar-refractivity contribution is 0.0922. The van der Waals surface area contributed by atoms with Gasteiger partial charge >= 0.3 is 0 Å². The Hall–Kier alpha value is -3.39. The van der Waals surface area contributed by atoms with Gasteiger partial charge in [0, 0.05) is 32.4 Å². The molecule has 3 heterocycles. The van der Waals surface area contributed by atoms with Gasteiger partial charge in [0.05, 0.1) is 17.9 Å². The summed E-state index contributed by atoms with van der Waals surface area (Å²) < 4.78 is 11.8. The zero-order valence-corrected chi connectivity index (χ0v) is 16.9. The van der Waals surface area contributed by atoms with E-state index in [9.17, 15) is 4.79 Å². The van der Waals surface area contributed by atoms with E-state index in [0.717, 1.165) is 18.7 Å². The molecule has 1 unspecified atom stereocenters. The number of rotatable bonds is 7. The summed E-state index contributed by atoms with van der Waals surface area (Å²) in [6.45, 7) is 4.93. The van der Waals surface area contributed by atoms with Gasteiger partial charge in [-0.2, -0.15) is 4.98 Å². The Morgan fingerprint density at radius 2 is 2.17 bits per heavy atom. The highest BCUT2D eigenvalue weighted by atomic mass is 16.5. The van der Waals surface area contributed by atoms with Crippen molar-refractivity contribution < 1.29 is 13.9 Å². The van der Waals surface area contributed by atoms with Crippen LogP contribution in [0.5, 0.6) is 5.75 Å². The molecule has 0 spiro atoms. The summed E-state index contributed by atoms with van der Waals surface area (Å²) in [6, 6.07) is 13.9. The van der Waals surface area contributed by atoms with Gasteiger partial charge in [-0.1, -0.05) is 30.3 Å². The van der Waals surface area contributed by atoms with Gasteiger partial charge in [0.15, 0.2) is 0 Å².